The number of alkyl halides is 1. The van der Waals surface area contributed by atoms with Crippen LogP contribution in [0, 0.1) is 0 Å². The van der Waals surface area contributed by atoms with Gasteiger partial charge in [0.2, 0.25) is 11.8 Å². The van der Waals surface area contributed by atoms with Crippen molar-refractivity contribution in [2.45, 2.75) is 20.3 Å². The van der Waals surface area contributed by atoms with Gasteiger partial charge in [0.05, 0.1) is 0 Å². The van der Waals surface area contributed by atoms with E-state index in [9.17, 15) is 14.4 Å². The van der Waals surface area contributed by atoms with E-state index >= 15 is 0 Å². The molecular formula is C10H18ClN3O3. The molecule has 0 saturated heterocycles. The second kappa shape index (κ2) is 8.81. The van der Waals surface area contributed by atoms with Gasteiger partial charge in [0.1, 0.15) is 6.54 Å². The highest BCUT2D eigenvalue weighted by Crippen LogP contribution is 1.91. The highest BCUT2D eigenvalue weighted by Gasteiger charge is 2.16. The number of likely N-dealkylation sites (N-methyl/N-ethyl adjacent to an activating group) is 2. The summed E-state index contributed by atoms with van der Waals surface area (Å²) >= 11 is 5.37. The summed E-state index contributed by atoms with van der Waals surface area (Å²) in [4.78, 5) is 35.2. The highest BCUT2D eigenvalue weighted by atomic mass is 35.5. The summed E-state index contributed by atoms with van der Waals surface area (Å²) in [5.41, 5.74) is 0. The lowest BCUT2D eigenvalue weighted by Gasteiger charge is -2.19. The number of nitrogens with one attached hydrogen (secondary N) is 2. The summed E-state index contributed by atoms with van der Waals surface area (Å²) < 4.78 is 0. The van der Waals surface area contributed by atoms with Crippen LogP contribution in [0.25, 0.3) is 0 Å². The van der Waals surface area contributed by atoms with Crippen LogP contribution in [0.3, 0.4) is 0 Å². The first-order chi connectivity index (χ1) is 8.04. The molecule has 0 spiro atoms. The molecule has 2 N–H and O–H groups in total. The van der Waals surface area contributed by atoms with Gasteiger partial charge in [0.15, 0.2) is 0 Å². The van der Waals surface area contributed by atoms with Crippen LogP contribution in [-0.2, 0) is 9.59 Å². The van der Waals surface area contributed by atoms with Crippen LogP contribution in [-0.4, -0.2) is 48.3 Å². The molecule has 0 aromatic carbocycles. The van der Waals surface area contributed by atoms with Gasteiger partial charge in [-0.2, -0.15) is 0 Å². The van der Waals surface area contributed by atoms with Crippen LogP contribution in [0.1, 0.15) is 20.3 Å². The van der Waals surface area contributed by atoms with E-state index in [2.05, 4.69) is 10.6 Å². The summed E-state index contributed by atoms with van der Waals surface area (Å²) in [6, 6.07) is -0.575. The van der Waals surface area contributed by atoms with Crippen LogP contribution < -0.4 is 10.6 Å². The molecule has 6 nitrogen and oxygen atoms in total. The number of imide groups is 1. The minimum atomic E-state index is -0.575. The third-order valence-corrected chi connectivity index (χ3v) is 2.13. The molecule has 0 aliphatic rings. The topological polar surface area (TPSA) is 78.5 Å². The van der Waals surface area contributed by atoms with E-state index in [-0.39, 0.29) is 24.8 Å². The Hall–Kier alpha value is -1.30. The molecule has 0 aliphatic heterocycles. The van der Waals surface area contributed by atoms with Crippen molar-refractivity contribution in [3.05, 3.63) is 0 Å². The van der Waals surface area contributed by atoms with E-state index < -0.39 is 11.9 Å². The van der Waals surface area contributed by atoms with E-state index in [0.29, 0.717) is 13.1 Å². The molecule has 0 aliphatic carbocycles. The molecule has 0 rings (SSSR count). The van der Waals surface area contributed by atoms with Crippen molar-refractivity contribution in [2.24, 2.45) is 0 Å². The number of halogens is 1. The van der Waals surface area contributed by atoms with Crippen LogP contribution in [0.15, 0.2) is 0 Å². The summed E-state index contributed by atoms with van der Waals surface area (Å²) in [7, 11) is 0. The number of hydrogen-bond donors (Lipinski definition) is 2. The van der Waals surface area contributed by atoms with Crippen LogP contribution in [0.5, 0.6) is 0 Å². The number of rotatable bonds is 6. The molecule has 0 radical (unpaired) electrons. The van der Waals surface area contributed by atoms with Gasteiger partial charge in [0.25, 0.3) is 0 Å². The van der Waals surface area contributed by atoms with Crippen molar-refractivity contribution in [1.29, 1.82) is 0 Å². The fourth-order valence-corrected chi connectivity index (χ4v) is 1.27. The predicted molar refractivity (Wildman–Crippen MR) is 64.8 cm³/mol. The van der Waals surface area contributed by atoms with Gasteiger partial charge in [-0.1, -0.05) is 0 Å². The Balaban J connectivity index is 4.21. The van der Waals surface area contributed by atoms with Crippen molar-refractivity contribution in [2.75, 3.05) is 25.5 Å². The molecule has 4 amide bonds. The monoisotopic (exact) mass is 263 g/mol. The zero-order chi connectivity index (χ0) is 13.3. The number of urea groups is 1. The highest BCUT2D eigenvalue weighted by molar-refractivity contribution is 6.19. The lowest BCUT2D eigenvalue weighted by atomic mass is 10.4. The summed E-state index contributed by atoms with van der Waals surface area (Å²) in [5, 5.41) is 4.74. The molecule has 98 valence electrons. The predicted octanol–water partition coefficient (Wildman–Crippen LogP) is 0.309. The van der Waals surface area contributed by atoms with Crippen molar-refractivity contribution in [3.8, 4) is 0 Å². The quantitative estimate of drug-likeness (QED) is 0.677. The zero-order valence-electron chi connectivity index (χ0n) is 10.1. The number of amides is 4. The van der Waals surface area contributed by atoms with Gasteiger partial charge in [-0.3, -0.25) is 14.9 Å². The zero-order valence-corrected chi connectivity index (χ0v) is 10.8. The molecule has 0 atom stereocenters. The van der Waals surface area contributed by atoms with E-state index in [0.717, 1.165) is 0 Å². The van der Waals surface area contributed by atoms with Gasteiger partial charge in [-0.05, 0) is 13.8 Å². The first kappa shape index (κ1) is 15.7. The van der Waals surface area contributed by atoms with Gasteiger partial charge in [-0.25, -0.2) is 4.79 Å². The third kappa shape index (κ3) is 6.78. The molecule has 0 unspecified atom stereocenters. The van der Waals surface area contributed by atoms with Crippen LogP contribution >= 0.6 is 11.6 Å². The standard InChI is InChI=1S/C10H18ClN3O3/c1-3-12-9(16)7-14(4-2)10(17)13-8(15)5-6-11/h3-7H2,1-2H3,(H,12,16)(H,13,15,17). The Bertz CT molecular complexity index is 284. The lowest BCUT2D eigenvalue weighted by molar-refractivity contribution is -0.122. The van der Waals surface area contributed by atoms with E-state index in [4.69, 9.17) is 11.6 Å². The van der Waals surface area contributed by atoms with E-state index in [1.165, 1.54) is 4.90 Å². The number of hydrogen-bond acceptors (Lipinski definition) is 3. The fourth-order valence-electron chi connectivity index (χ4n) is 1.10. The van der Waals surface area contributed by atoms with Crippen molar-refractivity contribution in [3.63, 3.8) is 0 Å². The SMILES string of the molecule is CCNC(=O)CN(CC)C(=O)NC(=O)CCCl. The molecule has 0 aromatic rings. The van der Waals surface area contributed by atoms with Crippen molar-refractivity contribution in [1.82, 2.24) is 15.5 Å². The van der Waals surface area contributed by atoms with Gasteiger partial charge in [0, 0.05) is 25.4 Å². The number of nitrogens with zero attached hydrogens (tertiary/aromatic N) is 1. The lowest BCUT2D eigenvalue weighted by Crippen LogP contribution is -2.47. The van der Waals surface area contributed by atoms with Crippen molar-refractivity contribution < 1.29 is 14.4 Å². The average Bonchev–Trinajstić information content (AvgIpc) is 2.26. The molecule has 17 heavy (non-hydrogen) atoms. The second-order valence-corrected chi connectivity index (χ2v) is 3.64. The Labute approximate surface area is 106 Å². The molecule has 0 heterocycles. The maximum Gasteiger partial charge on any atom is 0.324 e. The Kier molecular flexibility index (Phi) is 8.13. The molecule has 7 heteroatoms. The van der Waals surface area contributed by atoms with Crippen molar-refractivity contribution >= 4 is 29.4 Å². The second-order valence-electron chi connectivity index (χ2n) is 3.26. The van der Waals surface area contributed by atoms with Gasteiger partial charge in [-0.15, -0.1) is 11.6 Å². The largest absolute Gasteiger partial charge is 0.355 e. The summed E-state index contributed by atoms with van der Waals surface area (Å²) in [6.45, 7) is 4.30. The Morgan fingerprint density at radius 1 is 1.18 bits per heavy atom. The molecule has 0 aromatic heterocycles. The smallest absolute Gasteiger partial charge is 0.324 e. The molecular weight excluding hydrogens is 246 g/mol. The molecule has 0 bridgehead atoms. The first-order valence-electron chi connectivity index (χ1n) is 5.46. The van der Waals surface area contributed by atoms with Gasteiger partial charge >= 0.3 is 6.03 Å². The van der Waals surface area contributed by atoms with E-state index in [1.54, 1.807) is 13.8 Å². The number of carbonyl (C=O) groups excluding carboxylic acids is 3. The van der Waals surface area contributed by atoms with E-state index in [1.807, 2.05) is 0 Å². The normalized spacial score (nSPS) is 9.59. The summed E-state index contributed by atoms with van der Waals surface area (Å²) in [6.07, 6.45) is 0.0754. The minimum Gasteiger partial charge on any atom is -0.355 e. The summed E-state index contributed by atoms with van der Waals surface area (Å²) in [5.74, 6) is -0.546. The molecule has 0 saturated carbocycles. The fraction of sp³-hybridized carbons (Fsp3) is 0.700. The number of carbonyl (C=O) groups is 3. The Morgan fingerprint density at radius 3 is 2.29 bits per heavy atom. The minimum absolute atomic E-state index is 0.0652. The third-order valence-electron chi connectivity index (χ3n) is 1.95. The maximum atomic E-state index is 11.6. The Morgan fingerprint density at radius 2 is 1.82 bits per heavy atom. The van der Waals surface area contributed by atoms with Crippen LogP contribution in [0.2, 0.25) is 0 Å². The average molecular weight is 264 g/mol. The molecule has 0 fully saturated rings. The van der Waals surface area contributed by atoms with Gasteiger partial charge < -0.3 is 10.2 Å². The first-order valence-corrected chi connectivity index (χ1v) is 6.00. The van der Waals surface area contributed by atoms with Crippen LogP contribution in [0.4, 0.5) is 4.79 Å². The maximum absolute atomic E-state index is 11.6.